The normalized spacial score (nSPS) is 17.1. The van der Waals surface area contributed by atoms with Gasteiger partial charge in [-0.15, -0.1) is 12.6 Å². The lowest BCUT2D eigenvalue weighted by atomic mass is 9.99. The first-order chi connectivity index (χ1) is 18.0. The molecule has 1 unspecified atom stereocenters. The van der Waals surface area contributed by atoms with Crippen molar-refractivity contribution in [3.05, 3.63) is 53.1 Å². The third-order valence-electron chi connectivity index (χ3n) is 6.88. The Morgan fingerprint density at radius 1 is 1.32 bits per heavy atom. The molecule has 1 aliphatic heterocycles. The summed E-state index contributed by atoms with van der Waals surface area (Å²) in [6.07, 6.45) is 1.80. The van der Waals surface area contributed by atoms with E-state index in [2.05, 4.69) is 33.7 Å². The van der Waals surface area contributed by atoms with Crippen LogP contribution in [0.3, 0.4) is 0 Å². The highest BCUT2D eigenvalue weighted by Crippen LogP contribution is 2.41. The highest BCUT2D eigenvalue weighted by Gasteiger charge is 2.28. The molecule has 0 spiro atoms. The van der Waals surface area contributed by atoms with Gasteiger partial charge < -0.3 is 19.7 Å². The number of carbonyl (C=O) groups is 1. The van der Waals surface area contributed by atoms with Crippen LogP contribution in [-0.4, -0.2) is 60.0 Å². The number of fused-ring (bicyclic) bond motifs is 1. The van der Waals surface area contributed by atoms with Gasteiger partial charge in [0.1, 0.15) is 17.5 Å². The summed E-state index contributed by atoms with van der Waals surface area (Å²) < 4.78 is 11.1. The first kappa shape index (κ1) is 25.3. The smallest absolute Gasteiger partial charge is 0.236 e. The largest absolute Gasteiger partial charge is 0.490 e. The van der Waals surface area contributed by atoms with E-state index in [0.29, 0.717) is 49.9 Å². The number of nitrogens with one attached hydrogen (secondary N) is 2. The Hall–Kier alpha value is -3.32. The topological polar surface area (TPSA) is 103 Å². The van der Waals surface area contributed by atoms with Crippen LogP contribution in [0.5, 0.6) is 5.75 Å². The average molecular weight is 518 g/mol. The van der Waals surface area contributed by atoms with E-state index in [4.69, 9.17) is 22.1 Å². The molecule has 0 bridgehead atoms. The standard InChI is InChI=1S/C28H31N5O3S/c1-17(2)36-24-9-6-18(14-19(24)15-29)26-28(37)27(32-31-26)22-5-3-4-21-20(22)7-8-23(21)30-16-25(34)33-10-12-35-13-11-33/h3-6,9,14,17,23,30,37H,7-8,10-13,16H2,1-2H3,(H,31,32). The number of carbonyl (C=O) groups excluding carboxylic acids is 1. The third-order valence-corrected chi connectivity index (χ3v) is 7.32. The molecule has 3 aromatic rings. The second-order valence-electron chi connectivity index (χ2n) is 9.62. The lowest BCUT2D eigenvalue weighted by molar-refractivity contribution is -0.134. The Kier molecular flexibility index (Phi) is 7.51. The van der Waals surface area contributed by atoms with Crippen LogP contribution >= 0.6 is 12.6 Å². The summed E-state index contributed by atoms with van der Waals surface area (Å²) in [5.41, 5.74) is 6.30. The molecule has 2 aromatic carbocycles. The van der Waals surface area contributed by atoms with Gasteiger partial charge in [0.2, 0.25) is 5.91 Å². The van der Waals surface area contributed by atoms with Gasteiger partial charge >= 0.3 is 0 Å². The lowest BCUT2D eigenvalue weighted by Crippen LogP contribution is -2.45. The Balaban J connectivity index is 1.36. The summed E-state index contributed by atoms with van der Waals surface area (Å²) in [5.74, 6) is 0.676. The molecule has 1 aliphatic carbocycles. The summed E-state index contributed by atoms with van der Waals surface area (Å²) in [5, 5.41) is 20.8. The molecule has 37 heavy (non-hydrogen) atoms. The van der Waals surface area contributed by atoms with Crippen LogP contribution in [0.15, 0.2) is 41.3 Å². The van der Waals surface area contributed by atoms with Crippen LogP contribution in [0.1, 0.15) is 43.0 Å². The van der Waals surface area contributed by atoms with Crippen molar-refractivity contribution in [2.75, 3.05) is 32.8 Å². The van der Waals surface area contributed by atoms with Gasteiger partial charge in [0.25, 0.3) is 0 Å². The van der Waals surface area contributed by atoms with Crippen molar-refractivity contribution < 1.29 is 14.3 Å². The number of morpholine rings is 1. The fourth-order valence-corrected chi connectivity index (χ4v) is 5.43. The van der Waals surface area contributed by atoms with Crippen molar-refractivity contribution in [2.24, 2.45) is 0 Å². The molecule has 9 heteroatoms. The van der Waals surface area contributed by atoms with Gasteiger partial charge in [-0.3, -0.25) is 9.89 Å². The summed E-state index contributed by atoms with van der Waals surface area (Å²) in [7, 11) is 0. The van der Waals surface area contributed by atoms with Gasteiger partial charge in [0.05, 0.1) is 42.0 Å². The molecule has 2 aliphatic rings. The van der Waals surface area contributed by atoms with E-state index in [1.54, 1.807) is 6.07 Å². The molecular formula is C28H31N5O3S. The van der Waals surface area contributed by atoms with Crippen molar-refractivity contribution >= 4 is 18.5 Å². The zero-order valence-corrected chi connectivity index (χ0v) is 22.0. The molecule has 0 radical (unpaired) electrons. The maximum Gasteiger partial charge on any atom is 0.236 e. The number of rotatable bonds is 7. The second-order valence-corrected chi connectivity index (χ2v) is 10.1. The number of H-pyrrole nitrogens is 1. The zero-order chi connectivity index (χ0) is 25.9. The van der Waals surface area contributed by atoms with E-state index in [0.717, 1.165) is 34.6 Å². The maximum absolute atomic E-state index is 12.6. The Labute approximate surface area is 222 Å². The monoisotopic (exact) mass is 517 g/mol. The van der Waals surface area contributed by atoms with Crippen LogP contribution in [0, 0.1) is 11.3 Å². The average Bonchev–Trinajstić information content (AvgIpc) is 3.51. The van der Waals surface area contributed by atoms with Gasteiger partial charge in [0, 0.05) is 30.3 Å². The Bertz CT molecular complexity index is 1340. The van der Waals surface area contributed by atoms with Crippen LogP contribution in [-0.2, 0) is 16.0 Å². The van der Waals surface area contributed by atoms with Gasteiger partial charge in [-0.2, -0.15) is 10.4 Å². The maximum atomic E-state index is 12.6. The number of nitriles is 1. The number of amides is 1. The molecular weight excluding hydrogens is 486 g/mol. The van der Waals surface area contributed by atoms with Gasteiger partial charge in [-0.25, -0.2) is 0 Å². The predicted octanol–water partition coefficient (Wildman–Crippen LogP) is 4.13. The van der Waals surface area contributed by atoms with Crippen LogP contribution in [0.2, 0.25) is 0 Å². The fraction of sp³-hybridized carbons (Fsp3) is 0.393. The summed E-state index contributed by atoms with van der Waals surface area (Å²) in [4.78, 5) is 15.2. The van der Waals surface area contributed by atoms with Gasteiger partial charge in [-0.05, 0) is 56.0 Å². The van der Waals surface area contributed by atoms with Crippen molar-refractivity contribution in [3.8, 4) is 34.3 Å². The number of aromatic nitrogens is 2. The van der Waals surface area contributed by atoms with Gasteiger partial charge in [-0.1, -0.05) is 18.2 Å². The zero-order valence-electron chi connectivity index (χ0n) is 21.1. The summed E-state index contributed by atoms with van der Waals surface area (Å²) >= 11 is 4.84. The molecule has 1 saturated heterocycles. The molecule has 1 fully saturated rings. The Morgan fingerprint density at radius 2 is 2.14 bits per heavy atom. The predicted molar refractivity (Wildman–Crippen MR) is 144 cm³/mol. The van der Waals surface area contributed by atoms with E-state index in [1.165, 1.54) is 11.1 Å². The van der Waals surface area contributed by atoms with Gasteiger partial charge in [0.15, 0.2) is 0 Å². The molecule has 192 valence electrons. The minimum absolute atomic E-state index is 0.0219. The quantitative estimate of drug-likeness (QED) is 0.407. The molecule has 0 saturated carbocycles. The number of thiol groups is 1. The highest BCUT2D eigenvalue weighted by atomic mass is 32.1. The molecule has 5 rings (SSSR count). The highest BCUT2D eigenvalue weighted by molar-refractivity contribution is 7.80. The van der Waals surface area contributed by atoms with Crippen molar-refractivity contribution in [2.45, 2.75) is 43.7 Å². The molecule has 8 nitrogen and oxygen atoms in total. The first-order valence-electron chi connectivity index (χ1n) is 12.7. The summed E-state index contributed by atoms with van der Waals surface area (Å²) in [6.45, 7) is 6.70. The second kappa shape index (κ2) is 11.0. The number of hydrogen-bond acceptors (Lipinski definition) is 7. The Morgan fingerprint density at radius 3 is 2.89 bits per heavy atom. The molecule has 1 amide bonds. The van der Waals surface area contributed by atoms with E-state index in [9.17, 15) is 10.1 Å². The van der Waals surface area contributed by atoms with E-state index in [1.807, 2.05) is 36.9 Å². The number of ether oxygens (including phenoxy) is 2. The van der Waals surface area contributed by atoms with Crippen molar-refractivity contribution in [1.29, 1.82) is 5.26 Å². The van der Waals surface area contributed by atoms with E-state index >= 15 is 0 Å². The lowest BCUT2D eigenvalue weighted by Gasteiger charge is -2.27. The SMILES string of the molecule is CC(C)Oc1ccc(-c2n[nH]c(-c3cccc4c3CCC4NCC(=O)N3CCOCC3)c2S)cc1C#N. The van der Waals surface area contributed by atoms with Crippen LogP contribution in [0.4, 0.5) is 0 Å². The van der Waals surface area contributed by atoms with Crippen LogP contribution < -0.4 is 10.1 Å². The van der Waals surface area contributed by atoms with Crippen LogP contribution in [0.25, 0.3) is 22.5 Å². The number of aromatic amines is 1. The minimum atomic E-state index is -0.0219. The molecule has 2 heterocycles. The van der Waals surface area contributed by atoms with Crippen molar-refractivity contribution in [1.82, 2.24) is 20.4 Å². The van der Waals surface area contributed by atoms with E-state index < -0.39 is 0 Å². The third kappa shape index (κ3) is 5.23. The minimum Gasteiger partial charge on any atom is -0.490 e. The number of nitrogens with zero attached hydrogens (tertiary/aromatic N) is 3. The molecule has 1 atom stereocenters. The molecule has 2 N–H and O–H groups in total. The summed E-state index contributed by atoms with van der Waals surface area (Å²) in [6, 6.07) is 14.1. The molecule has 1 aromatic heterocycles. The fourth-order valence-electron chi connectivity index (χ4n) is 5.08. The van der Waals surface area contributed by atoms with Crippen molar-refractivity contribution in [3.63, 3.8) is 0 Å². The number of benzene rings is 2. The van der Waals surface area contributed by atoms with E-state index in [-0.39, 0.29) is 18.1 Å². The first-order valence-corrected chi connectivity index (χ1v) is 13.1. The number of hydrogen-bond donors (Lipinski definition) is 3.